The number of fused-ring (bicyclic) bond motifs is 1. The molecule has 1 aliphatic rings. The predicted octanol–water partition coefficient (Wildman–Crippen LogP) is 4.82. The monoisotopic (exact) mass is 527 g/mol. The molecule has 0 atom stereocenters. The standard InChI is InChI=1S/C26H28F3N7O2/c1-16-5-6-20-22(32-16)33-24(38-20)35-9-7-34(8-10-35)23(37)17-11-19(26(27,28)29)21(30-12-17)18-13-31-36(14-18)15-25(2,3)4/h5-6,11-14H,7-10,15H2,1-4H3. The van der Waals surface area contributed by atoms with Crippen molar-refractivity contribution in [3.63, 3.8) is 0 Å². The number of pyridine rings is 2. The van der Waals surface area contributed by atoms with Gasteiger partial charge in [-0.2, -0.15) is 23.3 Å². The second-order valence-corrected chi connectivity index (χ2v) is 10.7. The first-order valence-corrected chi connectivity index (χ1v) is 12.3. The van der Waals surface area contributed by atoms with E-state index in [4.69, 9.17) is 4.42 Å². The van der Waals surface area contributed by atoms with Gasteiger partial charge in [0.1, 0.15) is 0 Å². The van der Waals surface area contributed by atoms with Crippen molar-refractivity contribution in [3.8, 4) is 11.3 Å². The zero-order valence-corrected chi connectivity index (χ0v) is 21.6. The number of amides is 1. The van der Waals surface area contributed by atoms with Gasteiger partial charge in [-0.05, 0) is 30.5 Å². The maximum atomic E-state index is 14.0. The normalized spacial score (nSPS) is 14.9. The van der Waals surface area contributed by atoms with E-state index in [0.29, 0.717) is 50.0 Å². The molecule has 200 valence electrons. The van der Waals surface area contributed by atoms with Crippen molar-refractivity contribution in [2.24, 2.45) is 5.41 Å². The molecule has 1 saturated heterocycles. The molecule has 0 radical (unpaired) electrons. The maximum Gasteiger partial charge on any atom is 0.418 e. The zero-order chi connectivity index (χ0) is 27.2. The van der Waals surface area contributed by atoms with Gasteiger partial charge < -0.3 is 14.2 Å². The summed E-state index contributed by atoms with van der Waals surface area (Å²) in [5, 5.41) is 4.20. The summed E-state index contributed by atoms with van der Waals surface area (Å²) in [6.07, 6.45) is -0.572. The molecule has 9 nitrogen and oxygen atoms in total. The van der Waals surface area contributed by atoms with Gasteiger partial charge in [0, 0.05) is 56.4 Å². The lowest BCUT2D eigenvalue weighted by Gasteiger charge is -2.33. The molecule has 5 heterocycles. The van der Waals surface area contributed by atoms with Crippen LogP contribution in [0.25, 0.3) is 22.5 Å². The smallest absolute Gasteiger partial charge is 0.418 e. The number of anilines is 1. The summed E-state index contributed by atoms with van der Waals surface area (Å²) in [5.74, 6) is -0.507. The van der Waals surface area contributed by atoms with Gasteiger partial charge in [0.05, 0.1) is 23.0 Å². The van der Waals surface area contributed by atoms with E-state index in [1.165, 1.54) is 17.3 Å². The number of oxazole rings is 1. The highest BCUT2D eigenvalue weighted by Crippen LogP contribution is 2.37. The molecule has 4 aromatic heterocycles. The Hall–Kier alpha value is -3.96. The summed E-state index contributed by atoms with van der Waals surface area (Å²) in [4.78, 5) is 29.4. The fourth-order valence-corrected chi connectivity index (χ4v) is 4.41. The summed E-state index contributed by atoms with van der Waals surface area (Å²) in [6, 6.07) is 4.92. The molecule has 0 unspecified atom stereocenters. The fourth-order valence-electron chi connectivity index (χ4n) is 4.41. The molecule has 0 saturated carbocycles. The largest absolute Gasteiger partial charge is 0.422 e. The quantitative estimate of drug-likeness (QED) is 0.376. The van der Waals surface area contributed by atoms with E-state index >= 15 is 0 Å². The van der Waals surface area contributed by atoms with Gasteiger partial charge >= 0.3 is 6.18 Å². The van der Waals surface area contributed by atoms with Gasteiger partial charge in [-0.1, -0.05) is 20.8 Å². The van der Waals surface area contributed by atoms with Crippen molar-refractivity contribution in [2.75, 3.05) is 31.1 Å². The van der Waals surface area contributed by atoms with Crippen molar-refractivity contribution < 1.29 is 22.4 Å². The molecule has 5 rings (SSSR count). The number of nitrogens with zero attached hydrogens (tertiary/aromatic N) is 7. The number of hydrogen-bond donors (Lipinski definition) is 0. The van der Waals surface area contributed by atoms with Crippen LogP contribution in [0, 0.1) is 12.3 Å². The van der Waals surface area contributed by atoms with E-state index < -0.39 is 17.6 Å². The topological polar surface area (TPSA) is 93.2 Å². The number of carbonyl (C=O) groups is 1. The number of halogens is 3. The van der Waals surface area contributed by atoms with Crippen molar-refractivity contribution in [1.29, 1.82) is 0 Å². The van der Waals surface area contributed by atoms with Gasteiger partial charge in [0.2, 0.25) is 5.65 Å². The summed E-state index contributed by atoms with van der Waals surface area (Å²) in [7, 11) is 0. The Bertz CT molecular complexity index is 1480. The molecule has 0 aliphatic carbocycles. The molecule has 12 heteroatoms. The number of carbonyl (C=O) groups excluding carboxylic acids is 1. The first kappa shape index (κ1) is 25.7. The van der Waals surface area contributed by atoms with Crippen LogP contribution in [0.5, 0.6) is 0 Å². The van der Waals surface area contributed by atoms with Crippen molar-refractivity contribution in [2.45, 2.75) is 40.4 Å². The lowest BCUT2D eigenvalue weighted by molar-refractivity contribution is -0.137. The van der Waals surface area contributed by atoms with E-state index in [9.17, 15) is 18.0 Å². The highest BCUT2D eigenvalue weighted by Gasteiger charge is 2.36. The first-order valence-electron chi connectivity index (χ1n) is 12.3. The molecule has 0 spiro atoms. The minimum absolute atomic E-state index is 0.0969. The Labute approximate surface area is 217 Å². The van der Waals surface area contributed by atoms with Crippen LogP contribution in [0.4, 0.5) is 19.2 Å². The summed E-state index contributed by atoms with van der Waals surface area (Å²) in [6.45, 7) is 9.88. The van der Waals surface area contributed by atoms with E-state index in [2.05, 4.69) is 20.1 Å². The Morgan fingerprint density at radius 2 is 1.79 bits per heavy atom. The van der Waals surface area contributed by atoms with E-state index in [0.717, 1.165) is 11.8 Å². The molecule has 0 bridgehead atoms. The number of hydrogen-bond acceptors (Lipinski definition) is 7. The van der Waals surface area contributed by atoms with Gasteiger partial charge in [0.25, 0.3) is 11.9 Å². The highest BCUT2D eigenvalue weighted by atomic mass is 19.4. The Balaban J connectivity index is 1.33. The van der Waals surface area contributed by atoms with E-state index in [1.54, 1.807) is 16.9 Å². The van der Waals surface area contributed by atoms with Crippen LogP contribution in [0.3, 0.4) is 0 Å². The SMILES string of the molecule is Cc1ccc2oc(N3CCN(C(=O)c4cnc(-c5cnn(CC(C)(C)C)c5)c(C(F)(F)F)c4)CC3)nc2n1. The number of aryl methyl sites for hydroxylation is 1. The second kappa shape index (κ2) is 9.41. The highest BCUT2D eigenvalue weighted by molar-refractivity contribution is 5.94. The average molecular weight is 528 g/mol. The molecule has 38 heavy (non-hydrogen) atoms. The molecule has 1 fully saturated rings. The molecule has 0 N–H and O–H groups in total. The maximum absolute atomic E-state index is 14.0. The van der Waals surface area contributed by atoms with Gasteiger partial charge in [0.15, 0.2) is 5.58 Å². The van der Waals surface area contributed by atoms with Crippen LogP contribution in [0.15, 0.2) is 41.2 Å². The number of piperazine rings is 1. The molecule has 1 amide bonds. The van der Waals surface area contributed by atoms with Gasteiger partial charge in [-0.15, -0.1) is 0 Å². The average Bonchev–Trinajstić information content (AvgIpc) is 3.48. The summed E-state index contributed by atoms with van der Waals surface area (Å²) in [5.41, 5.74) is 0.720. The summed E-state index contributed by atoms with van der Waals surface area (Å²) < 4.78 is 49.5. The van der Waals surface area contributed by atoms with Crippen molar-refractivity contribution in [3.05, 3.63) is 53.6 Å². The van der Waals surface area contributed by atoms with Crippen LogP contribution in [-0.4, -0.2) is 61.7 Å². The Morgan fingerprint density at radius 3 is 2.47 bits per heavy atom. The Morgan fingerprint density at radius 1 is 1.05 bits per heavy atom. The molecule has 1 aliphatic heterocycles. The first-order chi connectivity index (χ1) is 17.9. The Kier molecular flexibility index (Phi) is 6.36. The minimum Gasteiger partial charge on any atom is -0.422 e. The van der Waals surface area contributed by atoms with Crippen molar-refractivity contribution in [1.82, 2.24) is 29.6 Å². The van der Waals surface area contributed by atoms with Crippen LogP contribution in [-0.2, 0) is 12.7 Å². The minimum atomic E-state index is -4.69. The molecular formula is C26H28F3N7O2. The van der Waals surface area contributed by atoms with Crippen LogP contribution in [0.2, 0.25) is 0 Å². The van der Waals surface area contributed by atoms with Crippen LogP contribution in [0.1, 0.15) is 42.4 Å². The third-order valence-corrected chi connectivity index (χ3v) is 6.20. The zero-order valence-electron chi connectivity index (χ0n) is 21.6. The van der Waals surface area contributed by atoms with Gasteiger partial charge in [-0.3, -0.25) is 14.5 Å². The lowest BCUT2D eigenvalue weighted by atomic mass is 9.97. The third-order valence-electron chi connectivity index (χ3n) is 6.20. The van der Waals surface area contributed by atoms with Crippen molar-refractivity contribution >= 4 is 23.2 Å². The lowest BCUT2D eigenvalue weighted by Crippen LogP contribution is -2.49. The summed E-state index contributed by atoms with van der Waals surface area (Å²) >= 11 is 0. The third kappa shape index (κ3) is 5.34. The molecular weight excluding hydrogens is 499 g/mol. The fraction of sp³-hybridized carbons (Fsp3) is 0.423. The predicted molar refractivity (Wildman–Crippen MR) is 135 cm³/mol. The van der Waals surface area contributed by atoms with Crippen LogP contribution >= 0.6 is 0 Å². The van der Waals surface area contributed by atoms with E-state index in [-0.39, 0.29) is 22.2 Å². The number of alkyl halides is 3. The number of rotatable bonds is 4. The van der Waals surface area contributed by atoms with Crippen LogP contribution < -0.4 is 4.90 Å². The van der Waals surface area contributed by atoms with E-state index in [1.807, 2.05) is 38.7 Å². The number of aromatic nitrogens is 5. The molecule has 0 aromatic carbocycles. The molecule has 4 aromatic rings. The van der Waals surface area contributed by atoms with Gasteiger partial charge in [-0.25, -0.2) is 4.98 Å². The second-order valence-electron chi connectivity index (χ2n) is 10.7.